The lowest BCUT2D eigenvalue weighted by atomic mass is 10.2. The summed E-state index contributed by atoms with van der Waals surface area (Å²) in [6.45, 7) is 5.26. The van der Waals surface area contributed by atoms with Gasteiger partial charge in [0, 0.05) is 25.4 Å². The van der Waals surface area contributed by atoms with E-state index in [-0.39, 0.29) is 11.4 Å². The highest BCUT2D eigenvalue weighted by molar-refractivity contribution is 7.89. The van der Waals surface area contributed by atoms with Crippen LogP contribution in [0.1, 0.15) is 36.8 Å². The normalized spacial score (nSPS) is 12.5. The first-order chi connectivity index (χ1) is 15.5. The Hall–Kier alpha value is -2.70. The average molecular weight is 486 g/mol. The van der Waals surface area contributed by atoms with Crippen LogP contribution in [0.5, 0.6) is 0 Å². The van der Waals surface area contributed by atoms with E-state index in [1.54, 1.807) is 0 Å². The number of nitrogens with two attached hydrogens (primary N) is 1. The first-order valence-electron chi connectivity index (χ1n) is 10.4. The number of hydrogen-bond donors (Lipinski definition) is 2. The van der Waals surface area contributed by atoms with E-state index >= 15 is 0 Å². The molecule has 0 fully saturated rings. The molecule has 0 spiro atoms. The van der Waals surface area contributed by atoms with Gasteiger partial charge in [-0.2, -0.15) is 13.2 Å². The molecule has 3 aromatic rings. The zero-order valence-electron chi connectivity index (χ0n) is 18.3. The Morgan fingerprint density at radius 1 is 1.15 bits per heavy atom. The van der Waals surface area contributed by atoms with Crippen molar-refractivity contribution in [3.8, 4) is 0 Å². The fourth-order valence-corrected chi connectivity index (χ4v) is 4.46. The molecule has 0 unspecified atom stereocenters. The number of sulfonamides is 1. The lowest BCUT2D eigenvalue weighted by molar-refractivity contribution is -0.137. The van der Waals surface area contributed by atoms with E-state index in [0.717, 1.165) is 35.5 Å². The SMILES string of the molecule is CCOCc1nc2c(N)nc(C)cc2n1CCCCNS(=O)(=O)c1ccc(C(F)(F)F)cc1. The number of benzene rings is 1. The molecule has 0 aliphatic carbocycles. The van der Waals surface area contributed by atoms with E-state index < -0.39 is 21.8 Å². The molecule has 0 atom stereocenters. The third kappa shape index (κ3) is 6.01. The Morgan fingerprint density at radius 2 is 1.85 bits per heavy atom. The molecule has 12 heteroatoms. The molecule has 1 aromatic carbocycles. The number of ether oxygens (including phenoxy) is 1. The fraction of sp³-hybridized carbons (Fsp3) is 0.429. The molecule has 33 heavy (non-hydrogen) atoms. The van der Waals surface area contributed by atoms with E-state index in [1.165, 1.54) is 0 Å². The van der Waals surface area contributed by atoms with Crippen molar-refractivity contribution in [1.29, 1.82) is 0 Å². The molecule has 3 N–H and O–H groups in total. The number of alkyl halides is 3. The minimum Gasteiger partial charge on any atom is -0.382 e. The van der Waals surface area contributed by atoms with Gasteiger partial charge in [-0.25, -0.2) is 23.1 Å². The minimum atomic E-state index is -4.52. The van der Waals surface area contributed by atoms with E-state index in [4.69, 9.17) is 10.5 Å². The van der Waals surface area contributed by atoms with Crippen molar-refractivity contribution in [2.24, 2.45) is 0 Å². The fourth-order valence-electron chi connectivity index (χ4n) is 3.38. The van der Waals surface area contributed by atoms with Crippen LogP contribution in [-0.4, -0.2) is 36.1 Å². The van der Waals surface area contributed by atoms with Crippen LogP contribution in [0.25, 0.3) is 11.0 Å². The van der Waals surface area contributed by atoms with Gasteiger partial charge in [0.2, 0.25) is 10.0 Å². The number of aryl methyl sites for hydroxylation is 2. The molecule has 0 saturated carbocycles. The molecule has 8 nitrogen and oxygen atoms in total. The van der Waals surface area contributed by atoms with Gasteiger partial charge in [-0.05, 0) is 57.0 Å². The molecule has 0 aliphatic heterocycles. The predicted octanol–water partition coefficient (Wildman–Crippen LogP) is 3.64. The summed E-state index contributed by atoms with van der Waals surface area (Å²) in [7, 11) is -3.90. The van der Waals surface area contributed by atoms with Crippen LogP contribution in [0.15, 0.2) is 35.2 Å². The van der Waals surface area contributed by atoms with Gasteiger partial charge in [-0.3, -0.25) is 0 Å². The molecular formula is C21H26F3N5O3S. The molecule has 3 rings (SSSR count). The van der Waals surface area contributed by atoms with Crippen molar-refractivity contribution in [2.75, 3.05) is 18.9 Å². The summed E-state index contributed by atoms with van der Waals surface area (Å²) in [6, 6.07) is 5.29. The van der Waals surface area contributed by atoms with Crippen LogP contribution in [0.4, 0.5) is 19.0 Å². The average Bonchev–Trinajstić information content (AvgIpc) is 3.09. The predicted molar refractivity (Wildman–Crippen MR) is 118 cm³/mol. The Bertz CT molecular complexity index is 1210. The van der Waals surface area contributed by atoms with Gasteiger partial charge in [0.15, 0.2) is 5.82 Å². The number of nitrogens with zero attached hydrogens (tertiary/aromatic N) is 3. The maximum atomic E-state index is 12.7. The molecule has 0 saturated heterocycles. The van der Waals surface area contributed by atoms with Gasteiger partial charge >= 0.3 is 6.18 Å². The second-order valence-corrected chi connectivity index (χ2v) is 9.23. The number of anilines is 1. The standard InChI is InChI=1S/C21H26F3N5O3S/c1-3-32-13-18-28-19-17(12-14(2)27-20(19)25)29(18)11-5-4-10-26-33(30,31)16-8-6-15(7-9-16)21(22,23)24/h6-9,12,26H,3-5,10-11,13H2,1-2H3,(H2,25,27). The molecule has 0 bridgehead atoms. The summed E-state index contributed by atoms with van der Waals surface area (Å²) in [4.78, 5) is 8.58. The molecule has 180 valence electrons. The second-order valence-electron chi connectivity index (χ2n) is 7.46. The summed E-state index contributed by atoms with van der Waals surface area (Å²) < 4.78 is 72.7. The van der Waals surface area contributed by atoms with Crippen molar-refractivity contribution in [3.63, 3.8) is 0 Å². The lowest BCUT2D eigenvalue weighted by Gasteiger charge is -2.11. The van der Waals surface area contributed by atoms with E-state index in [9.17, 15) is 21.6 Å². The third-order valence-corrected chi connectivity index (χ3v) is 6.48. The van der Waals surface area contributed by atoms with Gasteiger partial charge in [0.1, 0.15) is 17.9 Å². The Balaban J connectivity index is 1.62. The monoisotopic (exact) mass is 485 g/mol. The second kappa shape index (κ2) is 10.1. The quantitative estimate of drug-likeness (QED) is 0.424. The van der Waals surface area contributed by atoms with Gasteiger partial charge < -0.3 is 15.0 Å². The van der Waals surface area contributed by atoms with Crippen molar-refractivity contribution in [2.45, 2.75) is 50.9 Å². The highest BCUT2D eigenvalue weighted by Gasteiger charge is 2.30. The number of fused-ring (bicyclic) bond motifs is 1. The zero-order valence-corrected chi connectivity index (χ0v) is 19.1. The number of halogens is 3. The number of unbranched alkanes of at least 4 members (excludes halogenated alkanes) is 1. The number of nitrogens with one attached hydrogen (secondary N) is 1. The lowest BCUT2D eigenvalue weighted by Crippen LogP contribution is -2.25. The molecule has 2 aromatic heterocycles. The van der Waals surface area contributed by atoms with Gasteiger partial charge in [0.25, 0.3) is 0 Å². The first kappa shape index (κ1) is 24.9. The van der Waals surface area contributed by atoms with Crippen molar-refractivity contribution < 1.29 is 26.3 Å². The molecule has 0 amide bonds. The topological polar surface area (TPSA) is 112 Å². The summed E-state index contributed by atoms with van der Waals surface area (Å²) in [5, 5.41) is 0. The van der Waals surface area contributed by atoms with Crippen LogP contribution in [-0.2, 0) is 34.1 Å². The smallest absolute Gasteiger partial charge is 0.382 e. The zero-order chi connectivity index (χ0) is 24.2. The first-order valence-corrected chi connectivity index (χ1v) is 11.9. The number of hydrogen-bond acceptors (Lipinski definition) is 6. The van der Waals surface area contributed by atoms with Gasteiger partial charge in [-0.1, -0.05) is 0 Å². The molecule has 2 heterocycles. The Kier molecular flexibility index (Phi) is 7.60. The maximum absolute atomic E-state index is 12.7. The molecule has 0 aliphatic rings. The van der Waals surface area contributed by atoms with E-state index in [0.29, 0.717) is 49.8 Å². The van der Waals surface area contributed by atoms with Crippen LogP contribution < -0.4 is 10.5 Å². The summed E-state index contributed by atoms with van der Waals surface area (Å²) >= 11 is 0. The van der Waals surface area contributed by atoms with E-state index in [2.05, 4.69) is 14.7 Å². The summed E-state index contributed by atoms with van der Waals surface area (Å²) in [5.74, 6) is 1.04. The van der Waals surface area contributed by atoms with E-state index in [1.807, 2.05) is 24.5 Å². The Morgan fingerprint density at radius 3 is 2.48 bits per heavy atom. The maximum Gasteiger partial charge on any atom is 0.416 e. The van der Waals surface area contributed by atoms with Crippen LogP contribution in [0.2, 0.25) is 0 Å². The summed E-state index contributed by atoms with van der Waals surface area (Å²) in [6.07, 6.45) is -3.39. The number of rotatable bonds is 10. The van der Waals surface area contributed by atoms with Gasteiger partial charge in [-0.15, -0.1) is 0 Å². The van der Waals surface area contributed by atoms with Crippen molar-refractivity contribution in [3.05, 3.63) is 47.4 Å². The molecule has 0 radical (unpaired) electrons. The van der Waals surface area contributed by atoms with Crippen molar-refractivity contribution >= 4 is 26.9 Å². The number of imidazole rings is 1. The number of nitrogen functional groups attached to an aromatic ring is 1. The van der Waals surface area contributed by atoms with Crippen LogP contribution in [0.3, 0.4) is 0 Å². The van der Waals surface area contributed by atoms with Gasteiger partial charge in [0.05, 0.1) is 16.0 Å². The third-order valence-electron chi connectivity index (χ3n) is 5.00. The Labute approximate surface area is 190 Å². The minimum absolute atomic E-state index is 0.138. The number of pyridine rings is 1. The molecular weight excluding hydrogens is 459 g/mol. The van der Waals surface area contributed by atoms with Crippen LogP contribution in [0, 0.1) is 6.92 Å². The van der Waals surface area contributed by atoms with Crippen LogP contribution >= 0.6 is 0 Å². The van der Waals surface area contributed by atoms with Crippen molar-refractivity contribution in [1.82, 2.24) is 19.3 Å². The highest BCUT2D eigenvalue weighted by atomic mass is 32.2. The highest BCUT2D eigenvalue weighted by Crippen LogP contribution is 2.29. The number of aromatic nitrogens is 3. The summed E-state index contributed by atoms with van der Waals surface area (Å²) in [5.41, 5.74) is 7.30. The largest absolute Gasteiger partial charge is 0.416 e.